The van der Waals surface area contributed by atoms with Crippen molar-refractivity contribution in [3.05, 3.63) is 35.9 Å². The van der Waals surface area contributed by atoms with Gasteiger partial charge in [0.15, 0.2) is 0 Å². The third kappa shape index (κ3) is 3.25. The zero-order valence-electron chi connectivity index (χ0n) is 9.50. The van der Waals surface area contributed by atoms with Crippen molar-refractivity contribution in [2.75, 3.05) is 0 Å². The summed E-state index contributed by atoms with van der Waals surface area (Å²) in [6.45, 7) is 5.85. The van der Waals surface area contributed by atoms with Crippen LogP contribution in [0.2, 0.25) is 0 Å². The van der Waals surface area contributed by atoms with Crippen LogP contribution in [0, 0.1) is 17.3 Å². The van der Waals surface area contributed by atoms with E-state index in [9.17, 15) is 4.79 Å². The molecule has 0 bridgehead atoms. The van der Waals surface area contributed by atoms with Gasteiger partial charge < -0.3 is 0 Å². The fraction of sp³-hybridized carbons (Fsp3) is 0.357. The van der Waals surface area contributed by atoms with E-state index in [1.54, 1.807) is 0 Å². The van der Waals surface area contributed by atoms with Crippen molar-refractivity contribution in [3.8, 4) is 11.8 Å². The molecular formula is C14H16O. The van der Waals surface area contributed by atoms with Gasteiger partial charge >= 0.3 is 0 Å². The monoisotopic (exact) mass is 200 g/mol. The van der Waals surface area contributed by atoms with E-state index in [1.807, 2.05) is 51.1 Å². The van der Waals surface area contributed by atoms with E-state index in [-0.39, 0.29) is 11.2 Å². The third-order valence-corrected chi connectivity index (χ3v) is 2.59. The van der Waals surface area contributed by atoms with E-state index >= 15 is 0 Å². The van der Waals surface area contributed by atoms with E-state index in [2.05, 4.69) is 11.8 Å². The highest BCUT2D eigenvalue weighted by Gasteiger charge is 2.23. The van der Waals surface area contributed by atoms with Gasteiger partial charge in [-0.25, -0.2) is 0 Å². The van der Waals surface area contributed by atoms with Crippen LogP contribution in [-0.2, 0) is 4.79 Å². The Bertz CT molecular complexity index is 390. The Labute approximate surface area is 91.5 Å². The number of carbonyl (C=O) groups is 1. The lowest BCUT2D eigenvalue weighted by atomic mass is 9.85. The molecule has 0 aliphatic rings. The fourth-order valence-corrected chi connectivity index (χ4v) is 0.980. The van der Waals surface area contributed by atoms with E-state index in [0.717, 1.165) is 12.0 Å². The van der Waals surface area contributed by atoms with Crippen LogP contribution in [0.4, 0.5) is 0 Å². The molecule has 15 heavy (non-hydrogen) atoms. The largest absolute Gasteiger partial charge is 0.284 e. The number of carbonyl (C=O) groups excluding carboxylic acids is 1. The molecule has 0 aliphatic carbocycles. The second-order valence-electron chi connectivity index (χ2n) is 4.18. The Morgan fingerprint density at radius 1 is 1.27 bits per heavy atom. The van der Waals surface area contributed by atoms with Crippen LogP contribution in [0.5, 0.6) is 0 Å². The molecule has 0 aromatic heterocycles. The maximum atomic E-state index is 11.7. The summed E-state index contributed by atoms with van der Waals surface area (Å²) in [5.41, 5.74) is 0.555. The van der Waals surface area contributed by atoms with Crippen LogP contribution in [0.3, 0.4) is 0 Å². The highest BCUT2D eigenvalue weighted by molar-refractivity contribution is 5.99. The molecule has 0 fully saturated rings. The first-order valence-electron chi connectivity index (χ1n) is 5.18. The summed E-state index contributed by atoms with van der Waals surface area (Å²) < 4.78 is 0. The van der Waals surface area contributed by atoms with Crippen LogP contribution in [0.15, 0.2) is 30.3 Å². The smallest absolute Gasteiger partial charge is 0.211 e. The maximum Gasteiger partial charge on any atom is 0.211 e. The summed E-state index contributed by atoms with van der Waals surface area (Å²) in [5, 5.41) is 0. The summed E-state index contributed by atoms with van der Waals surface area (Å²) in [4.78, 5) is 11.7. The number of hydrogen-bond donors (Lipinski definition) is 0. The van der Waals surface area contributed by atoms with Gasteiger partial charge in [-0.3, -0.25) is 4.79 Å². The van der Waals surface area contributed by atoms with Crippen molar-refractivity contribution >= 4 is 5.78 Å². The molecule has 0 radical (unpaired) electrons. The molecule has 1 aromatic carbocycles. The summed E-state index contributed by atoms with van der Waals surface area (Å²) in [6.07, 6.45) is 0.815. The molecule has 0 saturated heterocycles. The predicted octanol–water partition coefficient (Wildman–Crippen LogP) is 3.04. The van der Waals surface area contributed by atoms with Gasteiger partial charge in [0.05, 0.1) is 0 Å². The average molecular weight is 200 g/mol. The van der Waals surface area contributed by atoms with Crippen LogP contribution < -0.4 is 0 Å². The number of rotatable bonds is 2. The number of hydrogen-bond acceptors (Lipinski definition) is 1. The minimum absolute atomic E-state index is 0.00820. The Morgan fingerprint density at radius 3 is 2.40 bits per heavy atom. The van der Waals surface area contributed by atoms with Crippen molar-refractivity contribution in [1.82, 2.24) is 0 Å². The molecule has 0 atom stereocenters. The van der Waals surface area contributed by atoms with Gasteiger partial charge in [0.1, 0.15) is 0 Å². The molecule has 1 nitrogen and oxygen atoms in total. The molecule has 1 rings (SSSR count). The van der Waals surface area contributed by atoms with E-state index in [0.29, 0.717) is 0 Å². The van der Waals surface area contributed by atoms with Gasteiger partial charge in [-0.15, -0.1) is 0 Å². The Hall–Kier alpha value is -1.55. The van der Waals surface area contributed by atoms with Crippen molar-refractivity contribution in [1.29, 1.82) is 0 Å². The molecule has 0 unspecified atom stereocenters. The lowest BCUT2D eigenvalue weighted by Gasteiger charge is -2.16. The number of benzene rings is 1. The highest BCUT2D eigenvalue weighted by Crippen LogP contribution is 2.20. The minimum Gasteiger partial charge on any atom is -0.284 e. The number of Topliss-reactive ketones (excluding diaryl/α,β-unsaturated/α-hetero) is 1. The zero-order valence-corrected chi connectivity index (χ0v) is 9.50. The molecule has 0 saturated carbocycles. The average Bonchev–Trinajstić information content (AvgIpc) is 2.27. The van der Waals surface area contributed by atoms with Crippen LogP contribution >= 0.6 is 0 Å². The van der Waals surface area contributed by atoms with Crippen molar-refractivity contribution in [2.45, 2.75) is 27.2 Å². The third-order valence-electron chi connectivity index (χ3n) is 2.59. The van der Waals surface area contributed by atoms with E-state index in [4.69, 9.17) is 0 Å². The highest BCUT2D eigenvalue weighted by atomic mass is 16.1. The van der Waals surface area contributed by atoms with Crippen molar-refractivity contribution in [2.24, 2.45) is 5.41 Å². The summed E-state index contributed by atoms with van der Waals surface area (Å²) >= 11 is 0. The quantitative estimate of drug-likeness (QED) is 0.671. The zero-order chi connectivity index (χ0) is 11.3. The fourth-order valence-electron chi connectivity index (χ4n) is 0.980. The van der Waals surface area contributed by atoms with Gasteiger partial charge in [-0.05, 0) is 24.5 Å². The second-order valence-corrected chi connectivity index (χ2v) is 4.18. The Balaban J connectivity index is 2.80. The molecule has 0 spiro atoms. The van der Waals surface area contributed by atoms with E-state index in [1.165, 1.54) is 0 Å². The Morgan fingerprint density at radius 2 is 1.87 bits per heavy atom. The van der Waals surface area contributed by atoms with Gasteiger partial charge in [0, 0.05) is 11.0 Å². The SMILES string of the molecule is CCC(C)(C)C(=O)C#Cc1ccccc1. The van der Waals surface area contributed by atoms with Crippen LogP contribution in [0.25, 0.3) is 0 Å². The minimum atomic E-state index is -0.332. The Kier molecular flexibility index (Phi) is 3.68. The normalized spacial score (nSPS) is 10.3. The molecule has 0 aliphatic heterocycles. The van der Waals surface area contributed by atoms with Gasteiger partial charge in [0.25, 0.3) is 0 Å². The summed E-state index contributed by atoms with van der Waals surface area (Å²) in [5.74, 6) is 5.59. The van der Waals surface area contributed by atoms with Crippen molar-refractivity contribution < 1.29 is 4.79 Å². The summed E-state index contributed by atoms with van der Waals surface area (Å²) in [7, 11) is 0. The molecule has 1 heteroatoms. The molecule has 78 valence electrons. The maximum absolute atomic E-state index is 11.7. The van der Waals surface area contributed by atoms with E-state index < -0.39 is 0 Å². The molecule has 0 amide bonds. The van der Waals surface area contributed by atoms with Gasteiger partial charge in [-0.1, -0.05) is 44.9 Å². The lowest BCUT2D eigenvalue weighted by molar-refractivity contribution is -0.121. The second kappa shape index (κ2) is 4.79. The van der Waals surface area contributed by atoms with Crippen LogP contribution in [-0.4, -0.2) is 5.78 Å². The summed E-state index contributed by atoms with van der Waals surface area (Å²) in [6, 6.07) is 9.57. The first kappa shape index (κ1) is 11.5. The lowest BCUT2D eigenvalue weighted by Crippen LogP contribution is -2.21. The molecule has 1 aromatic rings. The van der Waals surface area contributed by atoms with Gasteiger partial charge in [0.2, 0.25) is 5.78 Å². The van der Waals surface area contributed by atoms with Gasteiger partial charge in [-0.2, -0.15) is 0 Å². The molecular weight excluding hydrogens is 184 g/mol. The van der Waals surface area contributed by atoms with Crippen LogP contribution in [0.1, 0.15) is 32.8 Å². The molecule has 0 N–H and O–H groups in total. The predicted molar refractivity (Wildman–Crippen MR) is 62.4 cm³/mol. The first-order chi connectivity index (χ1) is 7.06. The first-order valence-corrected chi connectivity index (χ1v) is 5.18. The standard InChI is InChI=1S/C14H16O/c1-4-14(2,3)13(15)11-10-12-8-6-5-7-9-12/h5-9H,4H2,1-3H3. The topological polar surface area (TPSA) is 17.1 Å². The molecule has 0 heterocycles. The number of ketones is 1. The van der Waals surface area contributed by atoms with Crippen molar-refractivity contribution in [3.63, 3.8) is 0 Å².